The van der Waals surface area contributed by atoms with Crippen LogP contribution in [-0.2, 0) is 9.53 Å². The molecule has 0 saturated carbocycles. The number of hydrogen-bond donors (Lipinski definition) is 2. The van der Waals surface area contributed by atoms with Crippen molar-refractivity contribution in [1.82, 2.24) is 5.32 Å². The lowest BCUT2D eigenvalue weighted by molar-refractivity contribution is -0.274. The first kappa shape index (κ1) is 17.0. The summed E-state index contributed by atoms with van der Waals surface area (Å²) in [5.41, 5.74) is 5.07. The Kier molecular flexibility index (Phi) is 5.87. The van der Waals surface area contributed by atoms with Crippen LogP contribution in [0, 0.1) is 5.92 Å². The zero-order chi connectivity index (χ0) is 14.6. The Bertz CT molecular complexity index is 264. The Balaban J connectivity index is 4.89. The molecule has 108 valence electrons. The summed E-state index contributed by atoms with van der Waals surface area (Å²) >= 11 is 0. The first-order chi connectivity index (χ1) is 8.04. The number of nitrogens with one attached hydrogen (secondary N) is 1. The second-order valence-corrected chi connectivity index (χ2v) is 3.41. The predicted octanol–water partition coefficient (Wildman–Crippen LogP) is 0.817. The van der Waals surface area contributed by atoms with Crippen molar-refractivity contribution in [1.29, 1.82) is 0 Å². The first-order valence-corrected chi connectivity index (χ1v) is 4.66. The number of carbonyl (C=O) groups excluding carboxylic acids is 1. The van der Waals surface area contributed by atoms with Crippen molar-refractivity contribution >= 4 is 5.91 Å². The summed E-state index contributed by atoms with van der Waals surface area (Å²) in [5, 5.41) is 1.55. The third kappa shape index (κ3) is 5.08. The van der Waals surface area contributed by atoms with Crippen molar-refractivity contribution in [2.24, 2.45) is 11.7 Å². The molecule has 0 saturated heterocycles. The van der Waals surface area contributed by atoms with E-state index in [4.69, 9.17) is 5.73 Å². The van der Waals surface area contributed by atoms with Gasteiger partial charge in [-0.3, -0.25) is 4.79 Å². The van der Waals surface area contributed by atoms with Crippen molar-refractivity contribution < 1.29 is 35.9 Å². The normalized spacial score (nSPS) is 14.7. The van der Waals surface area contributed by atoms with Crippen molar-refractivity contribution in [3.05, 3.63) is 0 Å². The molecule has 1 amide bonds. The van der Waals surface area contributed by atoms with E-state index in [1.165, 1.54) is 7.11 Å². The average molecular weight is 282 g/mol. The molecular formula is C8H12F6N2O2. The lowest BCUT2D eigenvalue weighted by atomic mass is 10.1. The summed E-state index contributed by atoms with van der Waals surface area (Å²) < 4.78 is 77.5. The number of nitrogens with two attached hydrogens (primary N) is 1. The van der Waals surface area contributed by atoms with Gasteiger partial charge in [0.1, 0.15) is 0 Å². The van der Waals surface area contributed by atoms with Crippen LogP contribution in [0.25, 0.3) is 0 Å². The van der Waals surface area contributed by atoms with Gasteiger partial charge in [0, 0.05) is 13.7 Å². The van der Waals surface area contributed by atoms with E-state index in [0.29, 0.717) is 0 Å². The Morgan fingerprint density at radius 3 is 1.94 bits per heavy atom. The third-order valence-corrected chi connectivity index (χ3v) is 1.92. The maximum atomic E-state index is 12.2. The van der Waals surface area contributed by atoms with Crippen molar-refractivity contribution in [2.45, 2.75) is 18.4 Å². The molecule has 0 aliphatic rings. The van der Waals surface area contributed by atoms with E-state index >= 15 is 0 Å². The molecule has 0 aromatic heterocycles. The summed E-state index contributed by atoms with van der Waals surface area (Å²) in [6.07, 6.45) is -11.4. The highest BCUT2D eigenvalue weighted by Crippen LogP contribution is 2.39. The van der Waals surface area contributed by atoms with E-state index in [9.17, 15) is 31.1 Å². The quantitative estimate of drug-likeness (QED) is 0.734. The van der Waals surface area contributed by atoms with Crippen LogP contribution in [0.15, 0.2) is 0 Å². The number of halogens is 6. The highest BCUT2D eigenvalue weighted by atomic mass is 19.4. The first-order valence-electron chi connectivity index (χ1n) is 4.66. The molecule has 3 N–H and O–H groups in total. The van der Waals surface area contributed by atoms with Crippen LogP contribution >= 0.6 is 0 Å². The zero-order valence-electron chi connectivity index (χ0n) is 9.23. The van der Waals surface area contributed by atoms with Crippen LogP contribution in [0.2, 0.25) is 0 Å². The van der Waals surface area contributed by atoms with Gasteiger partial charge in [-0.25, -0.2) is 0 Å². The van der Waals surface area contributed by atoms with E-state index in [0.717, 1.165) is 0 Å². The van der Waals surface area contributed by atoms with Gasteiger partial charge in [0.25, 0.3) is 0 Å². The number of alkyl halides is 6. The van der Waals surface area contributed by atoms with Gasteiger partial charge >= 0.3 is 12.4 Å². The topological polar surface area (TPSA) is 64.3 Å². The Morgan fingerprint density at radius 2 is 1.67 bits per heavy atom. The number of carbonyl (C=O) groups is 1. The number of rotatable bonds is 5. The second kappa shape index (κ2) is 6.23. The fraction of sp³-hybridized carbons (Fsp3) is 0.875. The van der Waals surface area contributed by atoms with E-state index in [2.05, 4.69) is 4.74 Å². The summed E-state index contributed by atoms with van der Waals surface area (Å²) in [6.45, 7) is -0.632. The number of hydrogen-bond acceptors (Lipinski definition) is 3. The Labute approximate surface area is 98.5 Å². The number of ether oxygens (including phenoxy) is 1. The van der Waals surface area contributed by atoms with Crippen LogP contribution in [0.3, 0.4) is 0 Å². The van der Waals surface area contributed by atoms with Gasteiger partial charge in [-0.2, -0.15) is 26.3 Å². The van der Waals surface area contributed by atoms with E-state index in [-0.39, 0.29) is 13.2 Å². The van der Waals surface area contributed by atoms with E-state index in [1.54, 1.807) is 5.32 Å². The maximum Gasteiger partial charge on any atom is 0.409 e. The average Bonchev–Trinajstić information content (AvgIpc) is 2.11. The highest BCUT2D eigenvalue weighted by Gasteiger charge is 2.61. The molecule has 0 fully saturated rings. The van der Waals surface area contributed by atoms with Crippen LogP contribution in [-0.4, -0.2) is 44.6 Å². The summed E-state index contributed by atoms with van der Waals surface area (Å²) in [5.74, 6) is -6.27. The third-order valence-electron chi connectivity index (χ3n) is 1.92. The maximum absolute atomic E-state index is 12.2. The van der Waals surface area contributed by atoms with E-state index in [1.807, 2.05) is 0 Å². The lowest BCUT2D eigenvalue weighted by Gasteiger charge is -2.24. The smallest absolute Gasteiger partial charge is 0.383 e. The van der Waals surface area contributed by atoms with Gasteiger partial charge < -0.3 is 15.8 Å². The Hall–Kier alpha value is -1.03. The van der Waals surface area contributed by atoms with Crippen LogP contribution < -0.4 is 11.1 Å². The molecule has 0 heterocycles. The molecule has 1 unspecified atom stereocenters. The molecule has 0 radical (unpaired) electrons. The highest BCUT2D eigenvalue weighted by molar-refractivity contribution is 5.80. The molecule has 0 aliphatic carbocycles. The minimum atomic E-state index is -5.71. The standard InChI is InChI=1S/C8H12F6N2O2/c1-18-3-4(2-15)16-6(17)5(7(9,10)11)8(12,13)14/h4-5H,2-3,15H2,1H3,(H,16,17). The zero-order valence-corrected chi connectivity index (χ0v) is 9.23. The van der Waals surface area contributed by atoms with Gasteiger partial charge in [-0.05, 0) is 0 Å². The number of amides is 1. The van der Waals surface area contributed by atoms with Gasteiger partial charge in [0.2, 0.25) is 11.8 Å². The molecule has 0 aromatic rings. The molecule has 0 bridgehead atoms. The van der Waals surface area contributed by atoms with Crippen molar-refractivity contribution in [3.63, 3.8) is 0 Å². The SMILES string of the molecule is COCC(CN)NC(=O)C(C(F)(F)F)C(F)(F)F. The number of methoxy groups -OCH3 is 1. The van der Waals surface area contributed by atoms with Crippen molar-refractivity contribution in [2.75, 3.05) is 20.3 Å². The molecule has 1 atom stereocenters. The minimum absolute atomic E-state index is 0.287. The fourth-order valence-corrected chi connectivity index (χ4v) is 1.14. The van der Waals surface area contributed by atoms with Crippen LogP contribution in [0.5, 0.6) is 0 Å². The molecule has 18 heavy (non-hydrogen) atoms. The monoisotopic (exact) mass is 282 g/mol. The summed E-state index contributed by atoms with van der Waals surface area (Å²) in [4.78, 5) is 11.0. The van der Waals surface area contributed by atoms with Crippen LogP contribution in [0.4, 0.5) is 26.3 Å². The van der Waals surface area contributed by atoms with Crippen molar-refractivity contribution in [3.8, 4) is 0 Å². The lowest BCUT2D eigenvalue weighted by Crippen LogP contribution is -2.53. The summed E-state index contributed by atoms with van der Waals surface area (Å²) in [6, 6.07) is -1.12. The van der Waals surface area contributed by atoms with Gasteiger partial charge in [-0.15, -0.1) is 0 Å². The van der Waals surface area contributed by atoms with E-state index < -0.39 is 30.2 Å². The fourth-order valence-electron chi connectivity index (χ4n) is 1.14. The molecular weight excluding hydrogens is 270 g/mol. The molecule has 10 heteroatoms. The molecule has 0 aliphatic heterocycles. The molecule has 4 nitrogen and oxygen atoms in total. The molecule has 0 spiro atoms. The summed E-state index contributed by atoms with van der Waals surface area (Å²) in [7, 11) is 1.17. The van der Waals surface area contributed by atoms with Gasteiger partial charge in [0.15, 0.2) is 0 Å². The molecule has 0 aromatic carbocycles. The van der Waals surface area contributed by atoms with Crippen LogP contribution in [0.1, 0.15) is 0 Å². The van der Waals surface area contributed by atoms with Gasteiger partial charge in [0.05, 0.1) is 12.6 Å². The molecule has 0 rings (SSSR count). The predicted molar refractivity (Wildman–Crippen MR) is 48.5 cm³/mol. The minimum Gasteiger partial charge on any atom is -0.383 e. The van der Waals surface area contributed by atoms with Gasteiger partial charge in [-0.1, -0.05) is 0 Å². The largest absolute Gasteiger partial charge is 0.409 e. The Morgan fingerprint density at radius 1 is 1.22 bits per heavy atom. The second-order valence-electron chi connectivity index (χ2n) is 3.41.